The van der Waals surface area contributed by atoms with Crippen LogP contribution in [0.15, 0.2) is 72.8 Å². The number of fused-ring (bicyclic) bond motifs is 1. The van der Waals surface area contributed by atoms with Crippen molar-refractivity contribution in [1.29, 1.82) is 0 Å². The van der Waals surface area contributed by atoms with Crippen molar-refractivity contribution in [3.05, 3.63) is 81.9 Å². The fourth-order valence-electron chi connectivity index (χ4n) is 2.50. The molecule has 0 radical (unpaired) electrons. The van der Waals surface area contributed by atoms with Crippen LogP contribution in [-0.2, 0) is 0 Å². The zero-order chi connectivity index (χ0) is 17.2. The number of benzene rings is 3. The second-order valence-electron chi connectivity index (χ2n) is 5.53. The standard InChI is InChI=1S/C20H13IN2OS/c21-15-9-5-13(6-10-15)19(24)22-16-11-7-14(8-12-16)20-23-17-3-1-2-4-18(17)25-20/h1-12H,(H,22,24). The third-order valence-corrected chi connectivity index (χ3v) is 5.59. The summed E-state index contributed by atoms with van der Waals surface area (Å²) < 4.78 is 2.28. The second-order valence-corrected chi connectivity index (χ2v) is 7.80. The van der Waals surface area contributed by atoms with E-state index in [9.17, 15) is 4.79 Å². The van der Waals surface area contributed by atoms with Gasteiger partial charge in [0.15, 0.2) is 0 Å². The maximum absolute atomic E-state index is 12.3. The van der Waals surface area contributed by atoms with Crippen LogP contribution in [0.5, 0.6) is 0 Å². The molecule has 1 aromatic heterocycles. The first-order chi connectivity index (χ1) is 12.2. The summed E-state index contributed by atoms with van der Waals surface area (Å²) >= 11 is 3.89. The van der Waals surface area contributed by atoms with E-state index in [1.165, 1.54) is 4.70 Å². The minimum absolute atomic E-state index is 0.107. The van der Waals surface area contributed by atoms with Crippen LogP contribution < -0.4 is 5.32 Å². The van der Waals surface area contributed by atoms with E-state index in [2.05, 4.69) is 39.0 Å². The zero-order valence-corrected chi connectivity index (χ0v) is 16.0. The maximum atomic E-state index is 12.3. The highest BCUT2D eigenvalue weighted by molar-refractivity contribution is 14.1. The van der Waals surface area contributed by atoms with Gasteiger partial charge >= 0.3 is 0 Å². The molecule has 122 valence electrons. The number of para-hydroxylation sites is 1. The van der Waals surface area contributed by atoms with Crippen molar-refractivity contribution in [3.63, 3.8) is 0 Å². The summed E-state index contributed by atoms with van der Waals surface area (Å²) in [5, 5.41) is 3.91. The summed E-state index contributed by atoms with van der Waals surface area (Å²) in [7, 11) is 0. The Balaban J connectivity index is 1.53. The average Bonchev–Trinajstić information content (AvgIpc) is 3.07. The number of hydrogen-bond acceptors (Lipinski definition) is 3. The van der Waals surface area contributed by atoms with Crippen molar-refractivity contribution in [2.75, 3.05) is 5.32 Å². The highest BCUT2D eigenvalue weighted by Gasteiger charge is 2.08. The topological polar surface area (TPSA) is 42.0 Å². The maximum Gasteiger partial charge on any atom is 0.255 e. The molecule has 0 saturated heterocycles. The summed E-state index contributed by atoms with van der Waals surface area (Å²) in [5.41, 5.74) is 3.48. The van der Waals surface area contributed by atoms with E-state index < -0.39 is 0 Å². The van der Waals surface area contributed by atoms with Crippen LogP contribution in [-0.4, -0.2) is 10.9 Å². The van der Waals surface area contributed by atoms with Crippen molar-refractivity contribution < 1.29 is 4.79 Å². The number of amides is 1. The predicted molar refractivity (Wildman–Crippen MR) is 112 cm³/mol. The fourth-order valence-corrected chi connectivity index (χ4v) is 3.83. The molecule has 3 nitrogen and oxygen atoms in total. The minimum Gasteiger partial charge on any atom is -0.322 e. The van der Waals surface area contributed by atoms with Gasteiger partial charge in [-0.05, 0) is 83.3 Å². The Bertz CT molecular complexity index is 1010. The first-order valence-corrected chi connectivity index (χ1v) is 9.61. The summed E-state index contributed by atoms with van der Waals surface area (Å²) in [5.74, 6) is -0.107. The molecule has 0 bridgehead atoms. The zero-order valence-electron chi connectivity index (χ0n) is 13.1. The van der Waals surface area contributed by atoms with Crippen LogP contribution in [0.3, 0.4) is 0 Å². The van der Waals surface area contributed by atoms with E-state index in [1.54, 1.807) is 11.3 Å². The van der Waals surface area contributed by atoms with E-state index in [0.717, 1.165) is 25.3 Å². The largest absolute Gasteiger partial charge is 0.322 e. The van der Waals surface area contributed by atoms with Crippen LogP contribution in [0.1, 0.15) is 10.4 Å². The van der Waals surface area contributed by atoms with Crippen molar-refractivity contribution in [2.24, 2.45) is 0 Å². The smallest absolute Gasteiger partial charge is 0.255 e. The van der Waals surface area contributed by atoms with E-state index in [1.807, 2.05) is 66.7 Å². The van der Waals surface area contributed by atoms with Crippen LogP contribution in [0.4, 0.5) is 5.69 Å². The summed E-state index contributed by atoms with van der Waals surface area (Å²) in [6.07, 6.45) is 0. The Morgan fingerprint density at radius 3 is 2.36 bits per heavy atom. The van der Waals surface area contributed by atoms with Gasteiger partial charge in [0, 0.05) is 20.4 Å². The molecule has 0 aliphatic carbocycles. The van der Waals surface area contributed by atoms with E-state index in [-0.39, 0.29) is 5.91 Å². The predicted octanol–water partition coefficient (Wildman–Crippen LogP) is 5.82. The number of aromatic nitrogens is 1. The molecule has 3 aromatic carbocycles. The molecule has 1 amide bonds. The number of thiazole rings is 1. The Morgan fingerprint density at radius 2 is 1.64 bits per heavy atom. The van der Waals surface area contributed by atoms with Crippen LogP contribution in [0, 0.1) is 3.57 Å². The number of anilines is 1. The van der Waals surface area contributed by atoms with Gasteiger partial charge in [0.05, 0.1) is 10.2 Å². The van der Waals surface area contributed by atoms with Gasteiger partial charge in [-0.1, -0.05) is 12.1 Å². The van der Waals surface area contributed by atoms with Crippen LogP contribution in [0.25, 0.3) is 20.8 Å². The van der Waals surface area contributed by atoms with Gasteiger partial charge in [-0.25, -0.2) is 4.98 Å². The number of halogens is 1. The highest BCUT2D eigenvalue weighted by atomic mass is 127. The third kappa shape index (κ3) is 3.57. The molecular weight excluding hydrogens is 443 g/mol. The molecule has 0 aliphatic rings. The Kier molecular flexibility index (Phi) is 4.50. The molecule has 0 atom stereocenters. The van der Waals surface area contributed by atoms with Gasteiger partial charge in [0.25, 0.3) is 5.91 Å². The molecule has 4 aromatic rings. The number of nitrogens with zero attached hydrogens (tertiary/aromatic N) is 1. The number of nitrogens with one attached hydrogen (secondary N) is 1. The van der Waals surface area contributed by atoms with Gasteiger partial charge in [-0.15, -0.1) is 11.3 Å². The van der Waals surface area contributed by atoms with Crippen molar-refractivity contribution in [3.8, 4) is 10.6 Å². The van der Waals surface area contributed by atoms with Crippen molar-refractivity contribution >= 4 is 55.7 Å². The number of carbonyl (C=O) groups is 1. The molecule has 0 aliphatic heterocycles. The molecule has 0 unspecified atom stereocenters. The van der Waals surface area contributed by atoms with Gasteiger partial charge in [-0.2, -0.15) is 0 Å². The summed E-state index contributed by atoms with van der Waals surface area (Å²) in [4.78, 5) is 16.9. The Morgan fingerprint density at radius 1 is 0.920 bits per heavy atom. The lowest BCUT2D eigenvalue weighted by molar-refractivity contribution is 0.102. The molecule has 4 rings (SSSR count). The van der Waals surface area contributed by atoms with Gasteiger partial charge in [-0.3, -0.25) is 4.79 Å². The van der Waals surface area contributed by atoms with Crippen molar-refractivity contribution in [2.45, 2.75) is 0 Å². The quantitative estimate of drug-likeness (QED) is 0.395. The lowest BCUT2D eigenvalue weighted by Gasteiger charge is -2.06. The average molecular weight is 456 g/mol. The molecule has 0 saturated carbocycles. The summed E-state index contributed by atoms with van der Waals surface area (Å²) in [6.45, 7) is 0. The van der Waals surface area contributed by atoms with E-state index >= 15 is 0 Å². The molecule has 0 fully saturated rings. The molecule has 5 heteroatoms. The van der Waals surface area contributed by atoms with Crippen LogP contribution in [0.2, 0.25) is 0 Å². The normalized spacial score (nSPS) is 10.8. The lowest BCUT2D eigenvalue weighted by atomic mass is 10.2. The first kappa shape index (κ1) is 16.2. The van der Waals surface area contributed by atoms with Crippen molar-refractivity contribution in [1.82, 2.24) is 4.98 Å². The molecule has 1 N–H and O–H groups in total. The first-order valence-electron chi connectivity index (χ1n) is 7.72. The molecule has 0 spiro atoms. The Hall–Kier alpha value is -2.25. The third-order valence-electron chi connectivity index (χ3n) is 3.79. The van der Waals surface area contributed by atoms with Gasteiger partial charge in [0.1, 0.15) is 5.01 Å². The number of carbonyl (C=O) groups excluding carboxylic acids is 1. The monoisotopic (exact) mass is 456 g/mol. The second kappa shape index (κ2) is 6.93. The Labute approximate surface area is 162 Å². The fraction of sp³-hybridized carbons (Fsp3) is 0. The minimum atomic E-state index is -0.107. The SMILES string of the molecule is O=C(Nc1ccc(-c2nc3ccccc3s2)cc1)c1ccc(I)cc1. The van der Waals surface area contributed by atoms with Gasteiger partial charge < -0.3 is 5.32 Å². The van der Waals surface area contributed by atoms with E-state index in [4.69, 9.17) is 0 Å². The van der Waals surface area contributed by atoms with E-state index in [0.29, 0.717) is 5.56 Å². The number of rotatable bonds is 3. The number of hydrogen-bond donors (Lipinski definition) is 1. The summed E-state index contributed by atoms with van der Waals surface area (Å²) in [6, 6.07) is 23.4. The molecule has 1 heterocycles. The van der Waals surface area contributed by atoms with Gasteiger partial charge in [0.2, 0.25) is 0 Å². The highest BCUT2D eigenvalue weighted by Crippen LogP contribution is 2.30. The molecule has 25 heavy (non-hydrogen) atoms. The lowest BCUT2D eigenvalue weighted by Crippen LogP contribution is -2.11. The van der Waals surface area contributed by atoms with Crippen LogP contribution >= 0.6 is 33.9 Å². The molecular formula is C20H13IN2OS.